The van der Waals surface area contributed by atoms with Crippen LogP contribution in [-0.2, 0) is 0 Å². The Kier molecular flexibility index (Phi) is 13.8. The molecule has 13 heavy (non-hydrogen) atoms. The maximum absolute atomic E-state index is 5.97. The van der Waals surface area contributed by atoms with Gasteiger partial charge in [-0.1, -0.05) is 32.0 Å². The lowest BCUT2D eigenvalue weighted by Gasteiger charge is -1.83. The normalized spacial score (nSPS) is 6.62. The molecular formula is C9H16N4. The Hall–Kier alpha value is -1.71. The molecule has 0 saturated carbocycles. The summed E-state index contributed by atoms with van der Waals surface area (Å²) in [7, 11) is 0. The van der Waals surface area contributed by atoms with Crippen LogP contribution in [0.2, 0.25) is 0 Å². The van der Waals surface area contributed by atoms with Crippen LogP contribution in [0.15, 0.2) is 35.4 Å². The van der Waals surface area contributed by atoms with Gasteiger partial charge in [-0.05, 0) is 12.1 Å². The van der Waals surface area contributed by atoms with Gasteiger partial charge in [0.1, 0.15) is 6.34 Å². The number of para-hydroxylation sites is 1. The van der Waals surface area contributed by atoms with Gasteiger partial charge in [-0.2, -0.15) is 0 Å². The van der Waals surface area contributed by atoms with Crippen molar-refractivity contribution in [3.63, 3.8) is 0 Å². The van der Waals surface area contributed by atoms with Crippen LogP contribution in [0.25, 0.3) is 0 Å². The van der Waals surface area contributed by atoms with E-state index in [0.29, 0.717) is 6.34 Å². The third-order valence-corrected chi connectivity index (χ3v) is 0.864. The minimum Gasteiger partial charge on any atom is -0.399 e. The lowest BCUT2D eigenvalue weighted by molar-refractivity contribution is 1.20. The maximum Gasteiger partial charge on any atom is 0.129 e. The SMILES string of the molecule is CC.N=CN=N.Nc1ccccc1. The Morgan fingerprint density at radius 3 is 1.77 bits per heavy atom. The molecule has 1 rings (SSSR count). The van der Waals surface area contributed by atoms with Gasteiger partial charge in [0.15, 0.2) is 0 Å². The molecule has 0 atom stereocenters. The summed E-state index contributed by atoms with van der Waals surface area (Å²) < 4.78 is 0. The molecule has 4 nitrogen and oxygen atoms in total. The van der Waals surface area contributed by atoms with E-state index < -0.39 is 0 Å². The number of anilines is 1. The lowest BCUT2D eigenvalue weighted by Crippen LogP contribution is -1.79. The van der Waals surface area contributed by atoms with Crippen LogP contribution in [-0.4, -0.2) is 6.34 Å². The molecule has 4 heteroatoms. The van der Waals surface area contributed by atoms with E-state index in [9.17, 15) is 0 Å². The Morgan fingerprint density at radius 2 is 1.62 bits per heavy atom. The maximum atomic E-state index is 5.97. The van der Waals surface area contributed by atoms with Crippen LogP contribution in [0, 0.1) is 10.9 Å². The van der Waals surface area contributed by atoms with Crippen molar-refractivity contribution in [2.45, 2.75) is 13.8 Å². The van der Waals surface area contributed by atoms with Gasteiger partial charge in [-0.3, -0.25) is 5.41 Å². The van der Waals surface area contributed by atoms with Gasteiger partial charge >= 0.3 is 0 Å². The van der Waals surface area contributed by atoms with E-state index in [1.165, 1.54) is 0 Å². The average Bonchev–Trinajstić information content (AvgIpc) is 2.22. The van der Waals surface area contributed by atoms with Crippen molar-refractivity contribution in [3.8, 4) is 0 Å². The number of rotatable bonds is 1. The van der Waals surface area contributed by atoms with Crippen LogP contribution in [0.5, 0.6) is 0 Å². The molecular weight excluding hydrogens is 164 g/mol. The third kappa shape index (κ3) is 13.3. The summed E-state index contributed by atoms with van der Waals surface area (Å²) >= 11 is 0. The number of nitrogen functional groups attached to an aromatic ring is 1. The number of nitrogens with zero attached hydrogens (tertiary/aromatic N) is 1. The average molecular weight is 180 g/mol. The van der Waals surface area contributed by atoms with Crippen LogP contribution in [0.3, 0.4) is 0 Å². The Morgan fingerprint density at radius 1 is 1.23 bits per heavy atom. The number of nitrogens with one attached hydrogen (secondary N) is 2. The van der Waals surface area contributed by atoms with Crippen LogP contribution in [0.4, 0.5) is 5.69 Å². The molecule has 0 aromatic heterocycles. The van der Waals surface area contributed by atoms with Crippen molar-refractivity contribution in [1.82, 2.24) is 0 Å². The van der Waals surface area contributed by atoms with Gasteiger partial charge in [-0.15, -0.1) is 5.11 Å². The number of hydrogen-bond acceptors (Lipinski definition) is 3. The zero-order valence-electron chi connectivity index (χ0n) is 7.99. The molecule has 0 amide bonds. The Balaban J connectivity index is 0. The molecule has 0 heterocycles. The van der Waals surface area contributed by atoms with Crippen molar-refractivity contribution < 1.29 is 0 Å². The number of benzene rings is 1. The highest BCUT2D eigenvalue weighted by Crippen LogP contribution is 1.95. The summed E-state index contributed by atoms with van der Waals surface area (Å²) in [5.41, 5.74) is 12.0. The number of nitrogens with two attached hydrogens (primary N) is 1. The number of hydrogen-bond donors (Lipinski definition) is 3. The van der Waals surface area contributed by atoms with Crippen molar-refractivity contribution in [2.75, 3.05) is 5.73 Å². The van der Waals surface area contributed by atoms with E-state index in [2.05, 4.69) is 5.11 Å². The molecule has 0 bridgehead atoms. The van der Waals surface area contributed by atoms with Gasteiger partial charge in [0, 0.05) is 5.69 Å². The van der Waals surface area contributed by atoms with Crippen LogP contribution < -0.4 is 5.73 Å². The predicted octanol–water partition coefficient (Wildman–Crippen LogP) is 2.92. The first-order chi connectivity index (χ1) is 6.31. The fourth-order valence-electron chi connectivity index (χ4n) is 0.453. The second-order valence-corrected chi connectivity index (χ2v) is 1.67. The zero-order valence-corrected chi connectivity index (χ0v) is 7.99. The van der Waals surface area contributed by atoms with E-state index in [0.717, 1.165) is 5.69 Å². The minimum atomic E-state index is 0.667. The molecule has 0 fully saturated rings. The fraction of sp³-hybridized carbons (Fsp3) is 0.222. The topological polar surface area (TPSA) is 86.1 Å². The van der Waals surface area contributed by atoms with Crippen LogP contribution >= 0.6 is 0 Å². The summed E-state index contributed by atoms with van der Waals surface area (Å²) in [5.74, 6) is 0. The van der Waals surface area contributed by atoms with Crippen molar-refractivity contribution in [2.24, 2.45) is 5.11 Å². The molecule has 0 spiro atoms. The first-order valence-electron chi connectivity index (χ1n) is 3.97. The minimum absolute atomic E-state index is 0.667. The summed E-state index contributed by atoms with van der Waals surface area (Å²) in [5, 5.41) is 8.50. The largest absolute Gasteiger partial charge is 0.399 e. The monoisotopic (exact) mass is 180 g/mol. The van der Waals surface area contributed by atoms with Crippen molar-refractivity contribution in [1.29, 1.82) is 10.9 Å². The molecule has 0 aliphatic rings. The fourth-order valence-corrected chi connectivity index (χ4v) is 0.453. The van der Waals surface area contributed by atoms with E-state index in [1.54, 1.807) is 0 Å². The highest BCUT2D eigenvalue weighted by atomic mass is 15.0. The Bertz CT molecular complexity index is 202. The zero-order chi connectivity index (χ0) is 10.5. The van der Waals surface area contributed by atoms with E-state index in [4.69, 9.17) is 16.7 Å². The molecule has 0 unspecified atom stereocenters. The van der Waals surface area contributed by atoms with Crippen molar-refractivity contribution in [3.05, 3.63) is 30.3 Å². The van der Waals surface area contributed by atoms with Gasteiger partial charge in [-0.25, -0.2) is 5.53 Å². The van der Waals surface area contributed by atoms with Gasteiger partial charge in [0.2, 0.25) is 0 Å². The standard InChI is InChI=1S/C6H7N.C2H6.CH3N3/c7-6-4-2-1-3-5-6;1-2;2-1-4-3/h1-5H,7H2;1-2H3;1-3H. The molecule has 0 aliphatic heterocycles. The highest BCUT2D eigenvalue weighted by molar-refractivity contribution is 5.48. The third-order valence-electron chi connectivity index (χ3n) is 0.864. The quantitative estimate of drug-likeness (QED) is 0.264. The van der Waals surface area contributed by atoms with Crippen LogP contribution in [0.1, 0.15) is 13.8 Å². The molecule has 1 aromatic carbocycles. The lowest BCUT2D eigenvalue weighted by atomic mass is 10.3. The summed E-state index contributed by atoms with van der Waals surface area (Å²) in [6, 6.07) is 9.49. The second kappa shape index (κ2) is 12.9. The highest BCUT2D eigenvalue weighted by Gasteiger charge is 1.72. The van der Waals surface area contributed by atoms with Gasteiger partial charge in [0.25, 0.3) is 0 Å². The van der Waals surface area contributed by atoms with Crippen molar-refractivity contribution >= 4 is 12.0 Å². The molecule has 0 aliphatic carbocycles. The first-order valence-corrected chi connectivity index (χ1v) is 3.97. The summed E-state index contributed by atoms with van der Waals surface area (Å²) in [6.45, 7) is 4.00. The Labute approximate surface area is 78.8 Å². The van der Waals surface area contributed by atoms with E-state index in [1.807, 2.05) is 44.2 Å². The summed E-state index contributed by atoms with van der Waals surface area (Å²) in [6.07, 6.45) is 0.667. The second-order valence-electron chi connectivity index (χ2n) is 1.67. The molecule has 72 valence electrons. The predicted molar refractivity (Wildman–Crippen MR) is 56.1 cm³/mol. The van der Waals surface area contributed by atoms with E-state index in [-0.39, 0.29) is 0 Å². The van der Waals surface area contributed by atoms with Gasteiger partial charge < -0.3 is 5.73 Å². The summed E-state index contributed by atoms with van der Waals surface area (Å²) in [4.78, 5) is 0. The van der Waals surface area contributed by atoms with Gasteiger partial charge in [0.05, 0.1) is 0 Å². The van der Waals surface area contributed by atoms with E-state index >= 15 is 0 Å². The first kappa shape index (κ1) is 13.9. The smallest absolute Gasteiger partial charge is 0.129 e. The molecule has 4 N–H and O–H groups in total. The molecule has 0 radical (unpaired) electrons. The molecule has 1 aromatic rings. The molecule has 0 saturated heterocycles.